The number of benzene rings is 1. The molecule has 0 atom stereocenters. The lowest BCUT2D eigenvalue weighted by atomic mass is 10.2. The highest BCUT2D eigenvalue weighted by Crippen LogP contribution is 2.10. The maximum Gasteiger partial charge on any atom is 0.291 e. The maximum absolute atomic E-state index is 12.1. The van der Waals surface area contributed by atoms with E-state index in [0.717, 1.165) is 10.2 Å². The summed E-state index contributed by atoms with van der Waals surface area (Å²) in [6.07, 6.45) is 3.23. The second kappa shape index (κ2) is 6.03. The van der Waals surface area contributed by atoms with Gasteiger partial charge in [-0.05, 0) is 29.8 Å². The Morgan fingerprint density at radius 1 is 1.27 bits per heavy atom. The van der Waals surface area contributed by atoms with Crippen LogP contribution in [0.3, 0.4) is 0 Å². The molecule has 0 saturated heterocycles. The summed E-state index contributed by atoms with van der Waals surface area (Å²) >= 11 is 5.88. The number of hydrogen-bond acceptors (Lipinski definition) is 3. The monoisotopic (exact) mass is 316 g/mol. The number of nitrogens with one attached hydrogen (secondary N) is 1. The van der Waals surface area contributed by atoms with Gasteiger partial charge in [0.25, 0.3) is 5.56 Å². The molecule has 1 aromatic carbocycles. The smallest absolute Gasteiger partial charge is 0.291 e. The Kier molecular flexibility index (Phi) is 3.93. The third kappa shape index (κ3) is 3.01. The first-order chi connectivity index (χ1) is 10.6. The lowest BCUT2D eigenvalue weighted by Gasteiger charge is -2.07. The zero-order chi connectivity index (χ0) is 15.5. The summed E-state index contributed by atoms with van der Waals surface area (Å²) in [4.78, 5) is 24.1. The Morgan fingerprint density at radius 2 is 2.14 bits per heavy atom. The minimum absolute atomic E-state index is 0.124. The van der Waals surface area contributed by atoms with Crippen LogP contribution in [-0.2, 0) is 17.9 Å². The minimum Gasteiger partial charge on any atom is -0.350 e. The van der Waals surface area contributed by atoms with E-state index in [2.05, 4.69) is 10.4 Å². The predicted molar refractivity (Wildman–Crippen MR) is 82.8 cm³/mol. The Hall–Kier alpha value is -2.60. The Balaban J connectivity index is 1.68. The van der Waals surface area contributed by atoms with Crippen molar-refractivity contribution >= 4 is 23.0 Å². The Labute approximate surface area is 130 Å². The summed E-state index contributed by atoms with van der Waals surface area (Å²) < 4.78 is 2.76. The molecule has 0 aliphatic carbocycles. The van der Waals surface area contributed by atoms with Gasteiger partial charge in [-0.3, -0.25) is 9.59 Å². The van der Waals surface area contributed by atoms with Crippen molar-refractivity contribution in [2.45, 2.75) is 13.1 Å². The van der Waals surface area contributed by atoms with Gasteiger partial charge in [0.15, 0.2) is 0 Å². The van der Waals surface area contributed by atoms with Crippen molar-refractivity contribution < 1.29 is 4.79 Å². The number of carbonyl (C=O) groups is 1. The first-order valence-corrected chi connectivity index (χ1v) is 7.05. The first kappa shape index (κ1) is 14.3. The fourth-order valence-corrected chi connectivity index (χ4v) is 2.34. The molecule has 7 heteroatoms. The van der Waals surface area contributed by atoms with Crippen molar-refractivity contribution in [2.24, 2.45) is 0 Å². The normalized spacial score (nSPS) is 10.8. The van der Waals surface area contributed by atoms with Crippen LogP contribution in [0.1, 0.15) is 5.56 Å². The van der Waals surface area contributed by atoms with Crippen molar-refractivity contribution in [3.05, 3.63) is 69.9 Å². The van der Waals surface area contributed by atoms with Gasteiger partial charge in [0, 0.05) is 17.8 Å². The summed E-state index contributed by atoms with van der Waals surface area (Å²) in [6, 6.07) is 10.7. The highest BCUT2D eigenvalue weighted by atomic mass is 35.5. The standard InChI is InChI=1S/C15H13ClN4O2/c16-12-4-1-3-11(7-12)8-17-14(21)9-20-15(22)13-5-2-6-19(13)10-18-20/h1-7,10H,8-9H2,(H,17,21). The van der Waals surface area contributed by atoms with Crippen LogP contribution in [0, 0.1) is 0 Å². The zero-order valence-electron chi connectivity index (χ0n) is 11.6. The molecule has 0 aliphatic heterocycles. The van der Waals surface area contributed by atoms with E-state index in [1.807, 2.05) is 12.1 Å². The van der Waals surface area contributed by atoms with Crippen molar-refractivity contribution in [1.29, 1.82) is 0 Å². The average molecular weight is 317 g/mol. The van der Waals surface area contributed by atoms with Gasteiger partial charge in [0.05, 0.1) is 0 Å². The van der Waals surface area contributed by atoms with E-state index in [0.29, 0.717) is 17.1 Å². The average Bonchev–Trinajstić information content (AvgIpc) is 2.98. The highest BCUT2D eigenvalue weighted by molar-refractivity contribution is 6.30. The second-order valence-electron chi connectivity index (χ2n) is 4.80. The van der Waals surface area contributed by atoms with Crippen LogP contribution in [-0.4, -0.2) is 20.1 Å². The van der Waals surface area contributed by atoms with Crippen molar-refractivity contribution in [3.8, 4) is 0 Å². The molecule has 3 aromatic rings. The fourth-order valence-electron chi connectivity index (χ4n) is 2.13. The van der Waals surface area contributed by atoms with E-state index in [4.69, 9.17) is 11.6 Å². The quantitative estimate of drug-likeness (QED) is 0.792. The number of nitrogens with zero attached hydrogens (tertiary/aromatic N) is 3. The van der Waals surface area contributed by atoms with Gasteiger partial charge in [0.1, 0.15) is 18.4 Å². The van der Waals surface area contributed by atoms with Crippen molar-refractivity contribution in [1.82, 2.24) is 19.5 Å². The molecular formula is C15H13ClN4O2. The largest absolute Gasteiger partial charge is 0.350 e. The molecule has 0 fully saturated rings. The number of hydrogen-bond donors (Lipinski definition) is 1. The topological polar surface area (TPSA) is 68.4 Å². The lowest BCUT2D eigenvalue weighted by Crippen LogP contribution is -2.33. The number of fused-ring (bicyclic) bond motifs is 1. The van der Waals surface area contributed by atoms with Crippen molar-refractivity contribution in [3.63, 3.8) is 0 Å². The Morgan fingerprint density at radius 3 is 2.95 bits per heavy atom. The van der Waals surface area contributed by atoms with E-state index in [9.17, 15) is 9.59 Å². The van der Waals surface area contributed by atoms with Gasteiger partial charge < -0.3 is 9.72 Å². The van der Waals surface area contributed by atoms with Crippen molar-refractivity contribution in [2.75, 3.05) is 0 Å². The number of amides is 1. The second-order valence-corrected chi connectivity index (χ2v) is 5.24. The van der Waals surface area contributed by atoms with Gasteiger partial charge in [-0.1, -0.05) is 23.7 Å². The van der Waals surface area contributed by atoms with E-state index < -0.39 is 0 Å². The van der Waals surface area contributed by atoms with Crippen LogP contribution in [0.2, 0.25) is 5.02 Å². The summed E-state index contributed by atoms with van der Waals surface area (Å²) in [5.74, 6) is -0.287. The maximum atomic E-state index is 12.1. The first-order valence-electron chi connectivity index (χ1n) is 6.67. The molecule has 2 aromatic heterocycles. The summed E-state index contributed by atoms with van der Waals surface area (Å²) in [7, 11) is 0. The fraction of sp³-hybridized carbons (Fsp3) is 0.133. The summed E-state index contributed by atoms with van der Waals surface area (Å²) in [6.45, 7) is 0.225. The number of halogens is 1. The van der Waals surface area contributed by atoms with Gasteiger partial charge in [-0.25, -0.2) is 4.68 Å². The van der Waals surface area contributed by atoms with Gasteiger partial charge >= 0.3 is 0 Å². The molecule has 1 amide bonds. The van der Waals surface area contributed by atoms with E-state index in [1.165, 1.54) is 6.33 Å². The molecule has 1 N–H and O–H groups in total. The van der Waals surface area contributed by atoms with Crippen LogP contribution in [0.25, 0.3) is 5.52 Å². The highest BCUT2D eigenvalue weighted by Gasteiger charge is 2.08. The molecule has 0 unspecified atom stereocenters. The number of aromatic nitrogens is 3. The molecule has 0 spiro atoms. The summed E-state index contributed by atoms with van der Waals surface area (Å²) in [5.41, 5.74) is 1.08. The summed E-state index contributed by atoms with van der Waals surface area (Å²) in [5, 5.41) is 7.33. The van der Waals surface area contributed by atoms with Gasteiger partial charge in [-0.15, -0.1) is 0 Å². The molecule has 112 valence electrons. The third-order valence-corrected chi connectivity index (χ3v) is 3.46. The SMILES string of the molecule is O=C(Cn1ncn2cccc2c1=O)NCc1cccc(Cl)c1. The van der Waals surface area contributed by atoms with E-state index in [1.54, 1.807) is 34.9 Å². The number of carbonyl (C=O) groups excluding carboxylic acids is 1. The molecule has 2 heterocycles. The Bertz CT molecular complexity index is 884. The molecule has 0 saturated carbocycles. The van der Waals surface area contributed by atoms with E-state index >= 15 is 0 Å². The van der Waals surface area contributed by atoms with Crippen LogP contribution >= 0.6 is 11.6 Å². The minimum atomic E-state index is -0.301. The molecule has 0 radical (unpaired) electrons. The van der Waals surface area contributed by atoms with Crippen LogP contribution in [0.15, 0.2) is 53.7 Å². The molecule has 0 aliphatic rings. The lowest BCUT2D eigenvalue weighted by molar-refractivity contribution is -0.122. The predicted octanol–water partition coefficient (Wildman–Crippen LogP) is 1.47. The van der Waals surface area contributed by atoms with Crippen LogP contribution in [0.4, 0.5) is 0 Å². The molecule has 3 rings (SSSR count). The van der Waals surface area contributed by atoms with Crippen LogP contribution in [0.5, 0.6) is 0 Å². The number of rotatable bonds is 4. The molecule has 6 nitrogen and oxygen atoms in total. The van der Waals surface area contributed by atoms with Gasteiger partial charge in [0.2, 0.25) is 5.91 Å². The third-order valence-electron chi connectivity index (χ3n) is 3.22. The van der Waals surface area contributed by atoms with E-state index in [-0.39, 0.29) is 18.0 Å². The molecule has 22 heavy (non-hydrogen) atoms. The zero-order valence-corrected chi connectivity index (χ0v) is 12.3. The molecular weight excluding hydrogens is 304 g/mol. The van der Waals surface area contributed by atoms with Crippen LogP contribution < -0.4 is 10.9 Å². The molecule has 0 bridgehead atoms. The van der Waals surface area contributed by atoms with Gasteiger partial charge in [-0.2, -0.15) is 5.10 Å².